The van der Waals surface area contributed by atoms with Gasteiger partial charge in [-0.15, -0.1) is 11.3 Å². The fourth-order valence-electron chi connectivity index (χ4n) is 1.43. The largest absolute Gasteiger partial charge is 0.361 e. The zero-order valence-electron chi connectivity index (χ0n) is 9.44. The summed E-state index contributed by atoms with van der Waals surface area (Å²) in [6.45, 7) is 2.27. The molecular weight excluding hydrogens is 304 g/mol. The van der Waals surface area contributed by atoms with Crippen LogP contribution in [0.15, 0.2) is 26.5 Å². The highest BCUT2D eigenvalue weighted by Gasteiger charge is 2.17. The highest BCUT2D eigenvalue weighted by Crippen LogP contribution is 2.24. The number of nitrogens with zero attached hydrogens (tertiary/aromatic N) is 2. The second-order valence-corrected chi connectivity index (χ2v) is 5.46. The SMILES string of the molecule is Cc1cc(CN(C)C(=O)c2sccc2Br)no1. The second kappa shape index (κ2) is 5.01. The van der Waals surface area contributed by atoms with Gasteiger partial charge in [-0.2, -0.15) is 0 Å². The Balaban J connectivity index is 2.08. The molecule has 0 atom stereocenters. The maximum Gasteiger partial charge on any atom is 0.265 e. The number of hydrogen-bond acceptors (Lipinski definition) is 4. The van der Waals surface area contributed by atoms with E-state index >= 15 is 0 Å². The predicted octanol–water partition coefficient (Wildman–Crippen LogP) is 3.08. The van der Waals surface area contributed by atoms with Gasteiger partial charge >= 0.3 is 0 Å². The second-order valence-electron chi connectivity index (χ2n) is 3.69. The third-order valence-corrected chi connectivity index (χ3v) is 4.06. The molecule has 0 saturated carbocycles. The molecule has 0 spiro atoms. The van der Waals surface area contributed by atoms with Crippen molar-refractivity contribution in [3.05, 3.63) is 38.3 Å². The summed E-state index contributed by atoms with van der Waals surface area (Å²) in [7, 11) is 1.75. The first-order chi connectivity index (χ1) is 8.08. The maximum atomic E-state index is 12.1. The van der Waals surface area contributed by atoms with Gasteiger partial charge in [0, 0.05) is 17.6 Å². The molecule has 0 aliphatic heterocycles. The van der Waals surface area contributed by atoms with Crippen LogP contribution in [0.1, 0.15) is 21.1 Å². The Morgan fingerprint density at radius 3 is 2.94 bits per heavy atom. The highest BCUT2D eigenvalue weighted by atomic mass is 79.9. The van der Waals surface area contributed by atoms with Gasteiger partial charge in [0.25, 0.3) is 5.91 Å². The van der Waals surface area contributed by atoms with E-state index in [0.29, 0.717) is 11.4 Å². The number of aryl methyl sites for hydroxylation is 1. The molecule has 2 aromatic heterocycles. The molecule has 2 heterocycles. The van der Waals surface area contributed by atoms with Gasteiger partial charge in [0.1, 0.15) is 16.3 Å². The molecule has 90 valence electrons. The van der Waals surface area contributed by atoms with Crippen molar-refractivity contribution in [1.82, 2.24) is 10.1 Å². The van der Waals surface area contributed by atoms with Crippen LogP contribution in [0, 0.1) is 6.92 Å². The summed E-state index contributed by atoms with van der Waals surface area (Å²) in [6, 6.07) is 3.69. The summed E-state index contributed by atoms with van der Waals surface area (Å²) in [4.78, 5) is 14.4. The molecule has 6 heteroatoms. The van der Waals surface area contributed by atoms with Crippen molar-refractivity contribution in [2.24, 2.45) is 0 Å². The lowest BCUT2D eigenvalue weighted by atomic mass is 10.3. The van der Waals surface area contributed by atoms with Gasteiger partial charge in [-0.3, -0.25) is 4.79 Å². The number of carbonyl (C=O) groups is 1. The lowest BCUT2D eigenvalue weighted by Gasteiger charge is -2.14. The Kier molecular flexibility index (Phi) is 3.63. The molecule has 0 unspecified atom stereocenters. The van der Waals surface area contributed by atoms with E-state index in [0.717, 1.165) is 15.9 Å². The van der Waals surface area contributed by atoms with Crippen LogP contribution in [0.25, 0.3) is 0 Å². The van der Waals surface area contributed by atoms with Crippen molar-refractivity contribution in [1.29, 1.82) is 0 Å². The third-order valence-electron chi connectivity index (χ3n) is 2.23. The van der Waals surface area contributed by atoms with Crippen molar-refractivity contribution in [3.63, 3.8) is 0 Å². The Morgan fingerprint density at radius 1 is 1.65 bits per heavy atom. The van der Waals surface area contributed by atoms with Crippen LogP contribution in [0.5, 0.6) is 0 Å². The van der Waals surface area contributed by atoms with Gasteiger partial charge < -0.3 is 9.42 Å². The number of thiophene rings is 1. The van der Waals surface area contributed by atoms with E-state index in [1.54, 1.807) is 11.9 Å². The average molecular weight is 315 g/mol. The van der Waals surface area contributed by atoms with E-state index in [2.05, 4.69) is 21.1 Å². The van der Waals surface area contributed by atoms with Crippen LogP contribution in [0.3, 0.4) is 0 Å². The molecule has 0 radical (unpaired) electrons. The molecule has 0 aromatic carbocycles. The minimum absolute atomic E-state index is 0.0208. The van der Waals surface area contributed by atoms with Gasteiger partial charge in [0.15, 0.2) is 0 Å². The third kappa shape index (κ3) is 2.76. The summed E-state index contributed by atoms with van der Waals surface area (Å²) in [5.74, 6) is 0.727. The van der Waals surface area contributed by atoms with Crippen LogP contribution in [0.2, 0.25) is 0 Å². The van der Waals surface area contributed by atoms with Crippen molar-refractivity contribution >= 4 is 33.2 Å². The van der Waals surface area contributed by atoms with Gasteiger partial charge in [0.2, 0.25) is 0 Å². The summed E-state index contributed by atoms with van der Waals surface area (Å²) in [5.41, 5.74) is 0.756. The van der Waals surface area contributed by atoms with Gasteiger partial charge in [-0.1, -0.05) is 5.16 Å². The lowest BCUT2D eigenvalue weighted by molar-refractivity contribution is 0.0786. The molecule has 2 rings (SSSR count). The van der Waals surface area contributed by atoms with Crippen LogP contribution in [-0.4, -0.2) is 23.0 Å². The molecule has 4 nitrogen and oxygen atoms in total. The number of hydrogen-bond donors (Lipinski definition) is 0. The van der Waals surface area contributed by atoms with Crippen LogP contribution in [0.4, 0.5) is 0 Å². The fraction of sp³-hybridized carbons (Fsp3) is 0.273. The Morgan fingerprint density at radius 2 is 2.41 bits per heavy atom. The van der Waals surface area contributed by atoms with Crippen molar-refractivity contribution in [2.45, 2.75) is 13.5 Å². The molecule has 17 heavy (non-hydrogen) atoms. The minimum atomic E-state index is -0.0208. The monoisotopic (exact) mass is 314 g/mol. The predicted molar refractivity (Wildman–Crippen MR) is 69.1 cm³/mol. The Bertz CT molecular complexity index is 535. The van der Waals surface area contributed by atoms with Crippen molar-refractivity contribution < 1.29 is 9.32 Å². The van der Waals surface area contributed by atoms with E-state index in [1.807, 2.05) is 24.4 Å². The number of halogens is 1. The summed E-state index contributed by atoms with van der Waals surface area (Å²) in [6.07, 6.45) is 0. The first-order valence-electron chi connectivity index (χ1n) is 4.98. The molecule has 2 aromatic rings. The molecule has 0 saturated heterocycles. The molecule has 0 aliphatic carbocycles. The van der Waals surface area contributed by atoms with E-state index in [4.69, 9.17) is 4.52 Å². The average Bonchev–Trinajstić information content (AvgIpc) is 2.86. The summed E-state index contributed by atoms with van der Waals surface area (Å²) in [5, 5.41) is 5.75. The first kappa shape index (κ1) is 12.3. The quantitative estimate of drug-likeness (QED) is 0.874. The van der Waals surface area contributed by atoms with Gasteiger partial charge in [-0.05, 0) is 34.3 Å². The number of amides is 1. The van der Waals surface area contributed by atoms with Gasteiger partial charge in [0.05, 0.1) is 6.54 Å². The smallest absolute Gasteiger partial charge is 0.265 e. The summed E-state index contributed by atoms with van der Waals surface area (Å²) < 4.78 is 5.79. The molecule has 0 bridgehead atoms. The Labute approximate surface area is 111 Å². The van der Waals surface area contributed by atoms with Crippen LogP contribution >= 0.6 is 27.3 Å². The van der Waals surface area contributed by atoms with Crippen LogP contribution in [-0.2, 0) is 6.54 Å². The molecule has 0 fully saturated rings. The standard InChI is InChI=1S/C11H11BrN2O2S/c1-7-5-8(13-16-7)6-14(2)11(15)10-9(12)3-4-17-10/h3-5H,6H2,1-2H3. The molecule has 1 amide bonds. The number of carbonyl (C=O) groups excluding carboxylic acids is 1. The van der Waals surface area contributed by atoms with E-state index in [1.165, 1.54) is 11.3 Å². The molecule has 0 aliphatic rings. The molecular formula is C11H11BrN2O2S. The maximum absolute atomic E-state index is 12.1. The van der Waals surface area contributed by atoms with Crippen LogP contribution < -0.4 is 0 Å². The first-order valence-corrected chi connectivity index (χ1v) is 6.66. The van der Waals surface area contributed by atoms with E-state index in [9.17, 15) is 4.79 Å². The van der Waals surface area contributed by atoms with Gasteiger partial charge in [-0.25, -0.2) is 0 Å². The molecule has 0 N–H and O–H groups in total. The Hall–Kier alpha value is -1.14. The highest BCUT2D eigenvalue weighted by molar-refractivity contribution is 9.10. The van der Waals surface area contributed by atoms with E-state index < -0.39 is 0 Å². The lowest BCUT2D eigenvalue weighted by Crippen LogP contribution is -2.25. The van der Waals surface area contributed by atoms with Crippen molar-refractivity contribution in [2.75, 3.05) is 7.05 Å². The van der Waals surface area contributed by atoms with Crippen molar-refractivity contribution in [3.8, 4) is 0 Å². The fourth-order valence-corrected chi connectivity index (χ4v) is 2.96. The summed E-state index contributed by atoms with van der Waals surface area (Å²) >= 11 is 4.77. The number of rotatable bonds is 3. The normalized spacial score (nSPS) is 10.5. The van der Waals surface area contributed by atoms with E-state index in [-0.39, 0.29) is 5.91 Å². The topological polar surface area (TPSA) is 46.3 Å². The number of aromatic nitrogens is 1. The zero-order valence-corrected chi connectivity index (χ0v) is 11.8. The zero-order chi connectivity index (χ0) is 12.4. The minimum Gasteiger partial charge on any atom is -0.361 e.